The maximum Gasteiger partial charge on any atom is 0.228 e. The third-order valence-electron chi connectivity index (χ3n) is 3.88. The van der Waals surface area contributed by atoms with Crippen LogP contribution in [0.1, 0.15) is 16.8 Å². The fraction of sp³-hybridized carbons (Fsp3) is 0.158. The number of amides is 1. The summed E-state index contributed by atoms with van der Waals surface area (Å²) in [6.45, 7) is 4.02. The second-order valence-electron chi connectivity index (χ2n) is 5.41. The van der Waals surface area contributed by atoms with Crippen LogP contribution in [0.5, 0.6) is 0 Å². The zero-order valence-corrected chi connectivity index (χ0v) is 12.8. The van der Waals surface area contributed by atoms with Crippen LogP contribution < -0.4 is 5.32 Å². The van der Waals surface area contributed by atoms with E-state index < -0.39 is 0 Å². The van der Waals surface area contributed by atoms with Crippen LogP contribution in [0.3, 0.4) is 0 Å². The molecule has 3 nitrogen and oxygen atoms in total. The zero-order valence-electron chi connectivity index (χ0n) is 12.8. The summed E-state index contributed by atoms with van der Waals surface area (Å²) in [7, 11) is 0. The molecule has 1 aromatic heterocycles. The van der Waals surface area contributed by atoms with E-state index in [1.54, 1.807) is 0 Å². The minimum atomic E-state index is -0.0190. The van der Waals surface area contributed by atoms with Crippen LogP contribution in [0.15, 0.2) is 54.6 Å². The summed E-state index contributed by atoms with van der Waals surface area (Å²) in [5.74, 6) is -0.0190. The monoisotopic (exact) mass is 290 g/mol. The lowest BCUT2D eigenvalue weighted by Gasteiger charge is -2.12. The highest BCUT2D eigenvalue weighted by atomic mass is 16.1. The van der Waals surface area contributed by atoms with Gasteiger partial charge in [-0.25, -0.2) is 0 Å². The molecule has 0 radical (unpaired) electrons. The van der Waals surface area contributed by atoms with Crippen molar-refractivity contribution in [3.05, 3.63) is 71.4 Å². The number of carbonyl (C=O) groups excluding carboxylic acids is 1. The first-order chi connectivity index (χ1) is 10.6. The van der Waals surface area contributed by atoms with Crippen LogP contribution in [0.4, 0.5) is 5.69 Å². The number of rotatable bonds is 3. The fourth-order valence-electron chi connectivity index (χ4n) is 2.72. The van der Waals surface area contributed by atoms with Gasteiger partial charge in [0, 0.05) is 16.8 Å². The Kier molecular flexibility index (Phi) is 3.88. The lowest BCUT2D eigenvalue weighted by atomic mass is 9.99. The van der Waals surface area contributed by atoms with Crippen molar-refractivity contribution in [3.63, 3.8) is 0 Å². The second-order valence-corrected chi connectivity index (χ2v) is 5.41. The molecular formula is C19H18N2O. The molecule has 22 heavy (non-hydrogen) atoms. The van der Waals surface area contributed by atoms with Gasteiger partial charge in [0.05, 0.1) is 11.9 Å². The molecule has 2 aromatic carbocycles. The molecule has 0 spiro atoms. The Labute approximate surface area is 130 Å². The quantitative estimate of drug-likeness (QED) is 0.791. The number of fused-ring (bicyclic) bond motifs is 1. The van der Waals surface area contributed by atoms with E-state index in [4.69, 9.17) is 0 Å². The van der Waals surface area contributed by atoms with Gasteiger partial charge < -0.3 is 5.32 Å². The first kappa shape index (κ1) is 14.3. The predicted molar refractivity (Wildman–Crippen MR) is 90.0 cm³/mol. The first-order valence-electron chi connectivity index (χ1n) is 7.35. The highest BCUT2D eigenvalue weighted by Crippen LogP contribution is 2.23. The molecule has 1 heterocycles. The molecule has 0 aliphatic carbocycles. The van der Waals surface area contributed by atoms with Gasteiger partial charge in [-0.3, -0.25) is 9.78 Å². The molecule has 0 unspecified atom stereocenters. The Balaban J connectivity index is 1.89. The number of aromatic nitrogens is 1. The van der Waals surface area contributed by atoms with Crippen molar-refractivity contribution in [2.45, 2.75) is 20.3 Å². The summed E-state index contributed by atoms with van der Waals surface area (Å²) in [6, 6.07) is 17.5. The molecule has 0 saturated carbocycles. The Morgan fingerprint density at radius 3 is 2.45 bits per heavy atom. The zero-order chi connectivity index (χ0) is 15.5. The molecule has 110 valence electrons. The summed E-state index contributed by atoms with van der Waals surface area (Å²) in [5, 5.41) is 4.03. The molecule has 0 atom stereocenters. The van der Waals surface area contributed by atoms with E-state index in [9.17, 15) is 4.79 Å². The molecule has 1 amide bonds. The van der Waals surface area contributed by atoms with Crippen molar-refractivity contribution in [2.75, 3.05) is 5.32 Å². The molecule has 3 aromatic rings. The largest absolute Gasteiger partial charge is 0.326 e. The van der Waals surface area contributed by atoms with Crippen LogP contribution in [0.2, 0.25) is 0 Å². The number of pyridine rings is 1. The highest BCUT2D eigenvalue weighted by molar-refractivity contribution is 5.94. The van der Waals surface area contributed by atoms with Crippen LogP contribution in [-0.2, 0) is 11.2 Å². The van der Waals surface area contributed by atoms with Crippen LogP contribution in [-0.4, -0.2) is 10.9 Å². The van der Waals surface area contributed by atoms with Gasteiger partial charge in [-0.1, -0.05) is 36.4 Å². The van der Waals surface area contributed by atoms with Crippen LogP contribution in [0.25, 0.3) is 10.9 Å². The Bertz CT molecular complexity index is 825. The van der Waals surface area contributed by atoms with E-state index in [-0.39, 0.29) is 5.91 Å². The second kappa shape index (κ2) is 5.98. The minimum absolute atomic E-state index is 0.0190. The predicted octanol–water partition coefficient (Wildman–Crippen LogP) is 4.03. The van der Waals surface area contributed by atoms with Gasteiger partial charge in [0.15, 0.2) is 0 Å². The van der Waals surface area contributed by atoms with Gasteiger partial charge in [-0.05, 0) is 43.2 Å². The number of aryl methyl sites for hydroxylation is 2. The van der Waals surface area contributed by atoms with Crippen molar-refractivity contribution in [1.82, 2.24) is 4.98 Å². The number of benzene rings is 2. The van der Waals surface area contributed by atoms with Crippen molar-refractivity contribution < 1.29 is 4.79 Å². The average Bonchev–Trinajstić information content (AvgIpc) is 2.52. The minimum Gasteiger partial charge on any atom is -0.326 e. The molecule has 0 aliphatic rings. The molecular weight excluding hydrogens is 272 g/mol. The maximum absolute atomic E-state index is 12.3. The van der Waals surface area contributed by atoms with E-state index in [1.807, 2.05) is 55.5 Å². The van der Waals surface area contributed by atoms with Gasteiger partial charge in [0.25, 0.3) is 0 Å². The third kappa shape index (κ3) is 2.84. The molecule has 0 bridgehead atoms. The molecule has 0 saturated heterocycles. The van der Waals surface area contributed by atoms with E-state index in [2.05, 4.69) is 23.3 Å². The third-order valence-corrected chi connectivity index (χ3v) is 3.88. The number of para-hydroxylation sites is 2. The topological polar surface area (TPSA) is 42.0 Å². The number of carbonyl (C=O) groups is 1. The summed E-state index contributed by atoms with van der Waals surface area (Å²) < 4.78 is 0. The van der Waals surface area contributed by atoms with Crippen molar-refractivity contribution >= 4 is 22.5 Å². The lowest BCUT2D eigenvalue weighted by Crippen LogP contribution is -2.16. The van der Waals surface area contributed by atoms with Crippen molar-refractivity contribution in [1.29, 1.82) is 0 Å². The highest BCUT2D eigenvalue weighted by Gasteiger charge is 2.13. The number of hydrogen-bond acceptors (Lipinski definition) is 2. The van der Waals surface area contributed by atoms with Gasteiger partial charge in [-0.2, -0.15) is 0 Å². The van der Waals surface area contributed by atoms with Gasteiger partial charge in [0.1, 0.15) is 0 Å². The van der Waals surface area contributed by atoms with E-state index >= 15 is 0 Å². The van der Waals surface area contributed by atoms with Crippen LogP contribution in [0, 0.1) is 13.8 Å². The molecule has 1 N–H and O–H groups in total. The first-order valence-corrected chi connectivity index (χ1v) is 7.35. The summed E-state index contributed by atoms with van der Waals surface area (Å²) >= 11 is 0. The SMILES string of the molecule is Cc1nc2ccccc2c(C)c1CC(=O)Nc1ccccc1. The Morgan fingerprint density at radius 1 is 1.00 bits per heavy atom. The average molecular weight is 290 g/mol. The van der Waals surface area contributed by atoms with Crippen molar-refractivity contribution in [2.24, 2.45) is 0 Å². The Morgan fingerprint density at radius 2 is 1.68 bits per heavy atom. The van der Waals surface area contributed by atoms with Crippen molar-refractivity contribution in [3.8, 4) is 0 Å². The number of nitrogens with zero attached hydrogens (tertiary/aromatic N) is 1. The normalized spacial score (nSPS) is 10.6. The molecule has 0 fully saturated rings. The summed E-state index contributed by atoms with van der Waals surface area (Å²) in [6.07, 6.45) is 0.338. The number of anilines is 1. The lowest BCUT2D eigenvalue weighted by molar-refractivity contribution is -0.115. The van der Waals surface area contributed by atoms with Gasteiger partial charge in [0.2, 0.25) is 5.91 Å². The van der Waals surface area contributed by atoms with E-state index in [0.717, 1.165) is 33.4 Å². The number of nitrogens with one attached hydrogen (secondary N) is 1. The summed E-state index contributed by atoms with van der Waals surface area (Å²) in [4.78, 5) is 16.9. The molecule has 3 rings (SSSR count). The van der Waals surface area contributed by atoms with Crippen LogP contribution >= 0.6 is 0 Å². The maximum atomic E-state index is 12.3. The Hall–Kier alpha value is -2.68. The molecule has 3 heteroatoms. The standard InChI is InChI=1S/C19H18N2O/c1-13-16-10-6-7-11-18(16)20-14(2)17(13)12-19(22)21-15-8-4-3-5-9-15/h3-11H,12H2,1-2H3,(H,21,22). The van der Waals surface area contributed by atoms with E-state index in [0.29, 0.717) is 6.42 Å². The molecule has 0 aliphatic heterocycles. The van der Waals surface area contributed by atoms with Gasteiger partial charge >= 0.3 is 0 Å². The summed E-state index contributed by atoms with van der Waals surface area (Å²) in [5.41, 5.74) is 4.85. The fourth-order valence-corrected chi connectivity index (χ4v) is 2.72. The van der Waals surface area contributed by atoms with E-state index in [1.165, 1.54) is 0 Å². The van der Waals surface area contributed by atoms with Gasteiger partial charge in [-0.15, -0.1) is 0 Å². The smallest absolute Gasteiger partial charge is 0.228 e. The number of hydrogen-bond donors (Lipinski definition) is 1.